The van der Waals surface area contributed by atoms with E-state index in [1.165, 1.54) is 0 Å². The maximum absolute atomic E-state index is 14.6. The zero-order valence-electron chi connectivity index (χ0n) is 16.0. The molecule has 1 heterocycles. The highest BCUT2D eigenvalue weighted by atomic mass is 19.1. The van der Waals surface area contributed by atoms with Gasteiger partial charge in [-0.3, -0.25) is 0 Å². The molecule has 4 heteroatoms. The molecule has 24 heavy (non-hydrogen) atoms. The Morgan fingerprint density at radius 3 is 2.42 bits per heavy atom. The van der Waals surface area contributed by atoms with E-state index in [9.17, 15) is 9.18 Å². The Balaban J connectivity index is 3.09. The van der Waals surface area contributed by atoms with E-state index in [1.807, 2.05) is 40.7 Å². The number of carbonyl (C=O) groups excluding carboxylic acids is 1. The Hall–Kier alpha value is -1.84. The number of nitrogens with zero attached hydrogens (tertiary/aromatic N) is 1. The van der Waals surface area contributed by atoms with Crippen molar-refractivity contribution >= 4 is 6.09 Å². The van der Waals surface area contributed by atoms with Crippen molar-refractivity contribution in [2.75, 3.05) is 13.1 Å². The maximum Gasteiger partial charge on any atom is 0.410 e. The van der Waals surface area contributed by atoms with Gasteiger partial charge in [0.05, 0.1) is 0 Å². The monoisotopic (exact) mass is 335 g/mol. The van der Waals surface area contributed by atoms with Crippen LogP contribution in [0.15, 0.2) is 47.4 Å². The third-order valence-electron chi connectivity index (χ3n) is 3.93. The van der Waals surface area contributed by atoms with Gasteiger partial charge in [0, 0.05) is 18.5 Å². The van der Waals surface area contributed by atoms with Crippen LogP contribution in [0.25, 0.3) is 0 Å². The van der Waals surface area contributed by atoms with Gasteiger partial charge >= 0.3 is 6.09 Å². The van der Waals surface area contributed by atoms with Gasteiger partial charge in [-0.2, -0.15) is 0 Å². The molecular formula is C20H30FNO2. The van der Waals surface area contributed by atoms with Gasteiger partial charge in [0.25, 0.3) is 0 Å². The average molecular weight is 335 g/mol. The highest BCUT2D eigenvalue weighted by Gasteiger charge is 2.35. The van der Waals surface area contributed by atoms with Crippen LogP contribution >= 0.6 is 0 Å². The lowest BCUT2D eigenvalue weighted by Crippen LogP contribution is -2.45. The van der Waals surface area contributed by atoms with Gasteiger partial charge in [-0.25, -0.2) is 9.18 Å². The summed E-state index contributed by atoms with van der Waals surface area (Å²) in [6.45, 7) is 17.6. The molecule has 3 nitrogen and oxygen atoms in total. The van der Waals surface area contributed by atoms with Crippen molar-refractivity contribution < 1.29 is 13.9 Å². The van der Waals surface area contributed by atoms with Crippen LogP contribution in [0.1, 0.15) is 48.5 Å². The summed E-state index contributed by atoms with van der Waals surface area (Å²) >= 11 is 0. The third kappa shape index (κ3) is 5.08. The molecule has 0 atom stereocenters. The van der Waals surface area contributed by atoms with Gasteiger partial charge in [0.2, 0.25) is 0 Å². The lowest BCUT2D eigenvalue weighted by Gasteiger charge is -2.39. The van der Waals surface area contributed by atoms with Crippen LogP contribution in [0.5, 0.6) is 0 Å². The molecule has 0 bridgehead atoms. The summed E-state index contributed by atoms with van der Waals surface area (Å²) in [7, 11) is 0. The number of hydrogen-bond acceptors (Lipinski definition) is 2. The summed E-state index contributed by atoms with van der Waals surface area (Å²) in [5.41, 5.74) is 1.20. The molecule has 1 aliphatic rings. The average Bonchev–Trinajstić information content (AvgIpc) is 2.43. The molecule has 0 unspecified atom stereocenters. The number of hydrogen-bond donors (Lipinski definition) is 0. The molecule has 0 fully saturated rings. The molecule has 0 aromatic rings. The predicted octanol–water partition coefficient (Wildman–Crippen LogP) is 5.57. The second-order valence-corrected chi connectivity index (χ2v) is 7.89. The zero-order valence-corrected chi connectivity index (χ0v) is 16.0. The van der Waals surface area contributed by atoms with E-state index in [0.29, 0.717) is 24.2 Å². The van der Waals surface area contributed by atoms with Gasteiger partial charge in [-0.1, -0.05) is 38.7 Å². The maximum atomic E-state index is 14.6. The van der Waals surface area contributed by atoms with Crippen LogP contribution in [0.3, 0.4) is 0 Å². The van der Waals surface area contributed by atoms with Crippen molar-refractivity contribution in [3.05, 3.63) is 47.4 Å². The fraction of sp³-hybridized carbons (Fsp3) is 0.550. The van der Waals surface area contributed by atoms with Crippen LogP contribution < -0.4 is 0 Å². The standard InChI is InChI=1S/C20H30FNO2/c1-9-10-14(2)17(21)15(3)16-11-12-22(13-20(16,7)8)18(23)24-19(4,5)6/h9-11H,1,12-13H2,2-8H3/b14-10+,17-15-. The van der Waals surface area contributed by atoms with E-state index in [2.05, 4.69) is 6.58 Å². The Morgan fingerprint density at radius 1 is 1.38 bits per heavy atom. The molecule has 0 aromatic heterocycles. The van der Waals surface area contributed by atoms with E-state index < -0.39 is 5.60 Å². The normalized spacial score (nSPS) is 19.4. The summed E-state index contributed by atoms with van der Waals surface area (Å²) in [5, 5.41) is 0. The first-order valence-electron chi connectivity index (χ1n) is 8.24. The van der Waals surface area contributed by atoms with Crippen molar-refractivity contribution in [3.8, 4) is 0 Å². The molecule has 0 N–H and O–H groups in total. The van der Waals surface area contributed by atoms with E-state index in [4.69, 9.17) is 4.74 Å². The van der Waals surface area contributed by atoms with Crippen molar-refractivity contribution in [1.82, 2.24) is 4.90 Å². The molecule has 134 valence electrons. The van der Waals surface area contributed by atoms with Gasteiger partial charge < -0.3 is 9.64 Å². The summed E-state index contributed by atoms with van der Waals surface area (Å²) < 4.78 is 20.0. The van der Waals surface area contributed by atoms with Gasteiger partial charge in [-0.15, -0.1) is 0 Å². The first-order chi connectivity index (χ1) is 10.9. The fourth-order valence-corrected chi connectivity index (χ4v) is 2.89. The molecule has 0 aromatic carbocycles. The summed E-state index contributed by atoms with van der Waals surface area (Å²) in [6, 6.07) is 0. The van der Waals surface area contributed by atoms with E-state index >= 15 is 0 Å². The largest absolute Gasteiger partial charge is 0.444 e. The summed E-state index contributed by atoms with van der Waals surface area (Å²) in [4.78, 5) is 13.9. The molecule has 0 spiro atoms. The number of halogens is 1. The number of rotatable bonds is 3. The third-order valence-corrected chi connectivity index (χ3v) is 3.93. The van der Waals surface area contributed by atoms with Gasteiger partial charge in [0.1, 0.15) is 11.4 Å². The minimum atomic E-state index is -0.528. The Bertz CT molecular complexity index is 604. The second-order valence-electron chi connectivity index (χ2n) is 7.89. The Kier molecular flexibility index (Phi) is 6.20. The fourth-order valence-electron chi connectivity index (χ4n) is 2.89. The number of allylic oxidation sites excluding steroid dienone is 5. The van der Waals surface area contributed by atoms with Crippen molar-refractivity contribution in [2.45, 2.75) is 54.1 Å². The lowest BCUT2D eigenvalue weighted by molar-refractivity contribution is 0.0206. The minimum absolute atomic E-state index is 0.236. The van der Waals surface area contributed by atoms with Crippen molar-refractivity contribution in [1.29, 1.82) is 0 Å². The van der Waals surface area contributed by atoms with E-state index in [1.54, 1.807) is 30.9 Å². The first-order valence-corrected chi connectivity index (χ1v) is 8.24. The topological polar surface area (TPSA) is 29.5 Å². The van der Waals surface area contributed by atoms with Crippen molar-refractivity contribution in [3.63, 3.8) is 0 Å². The van der Waals surface area contributed by atoms with Crippen LogP contribution in [-0.4, -0.2) is 29.7 Å². The second kappa shape index (κ2) is 7.37. The molecule has 0 saturated carbocycles. The van der Waals surface area contributed by atoms with Crippen LogP contribution in [0.4, 0.5) is 9.18 Å². The number of amides is 1. The minimum Gasteiger partial charge on any atom is -0.444 e. The van der Waals surface area contributed by atoms with E-state index in [0.717, 1.165) is 5.57 Å². The highest BCUT2D eigenvalue weighted by molar-refractivity contribution is 5.69. The number of carbonyl (C=O) groups is 1. The number of ether oxygens (including phenoxy) is 1. The lowest BCUT2D eigenvalue weighted by atomic mass is 9.77. The molecular weight excluding hydrogens is 305 g/mol. The zero-order chi connectivity index (χ0) is 18.7. The molecule has 1 amide bonds. The molecule has 1 aliphatic heterocycles. The molecule has 1 rings (SSSR count). The molecule has 0 saturated heterocycles. The molecule has 0 radical (unpaired) electrons. The Morgan fingerprint density at radius 2 is 1.96 bits per heavy atom. The van der Waals surface area contributed by atoms with Gasteiger partial charge in [-0.05, 0) is 51.3 Å². The molecule has 0 aliphatic carbocycles. The van der Waals surface area contributed by atoms with Gasteiger partial charge in [0.15, 0.2) is 0 Å². The smallest absolute Gasteiger partial charge is 0.410 e. The Labute approximate surface area is 145 Å². The van der Waals surface area contributed by atoms with E-state index in [-0.39, 0.29) is 17.3 Å². The van der Waals surface area contributed by atoms with Crippen LogP contribution in [0.2, 0.25) is 0 Å². The van der Waals surface area contributed by atoms with Crippen LogP contribution in [-0.2, 0) is 4.74 Å². The first kappa shape index (κ1) is 20.2. The predicted molar refractivity (Wildman–Crippen MR) is 97.4 cm³/mol. The summed E-state index contributed by atoms with van der Waals surface area (Å²) in [5.74, 6) is -0.236. The SMILES string of the molecule is C=C/C=C(C)/C(F)=C(\C)C1=CCN(C(=O)OC(C)(C)C)CC1(C)C. The van der Waals surface area contributed by atoms with Crippen LogP contribution in [0, 0.1) is 5.41 Å². The summed E-state index contributed by atoms with van der Waals surface area (Å²) in [6.07, 6.45) is 4.81. The highest BCUT2D eigenvalue weighted by Crippen LogP contribution is 2.38. The quantitative estimate of drug-likeness (QED) is 0.631. The van der Waals surface area contributed by atoms with Crippen molar-refractivity contribution in [2.24, 2.45) is 5.41 Å².